The Labute approximate surface area is 97.3 Å². The molecule has 0 radical (unpaired) electrons. The lowest BCUT2D eigenvalue weighted by Gasteiger charge is -2.06. The van der Waals surface area contributed by atoms with Crippen LogP contribution in [-0.2, 0) is 4.84 Å². The number of aromatic hydroxyl groups is 1. The Morgan fingerprint density at radius 2 is 2.12 bits per heavy atom. The molecule has 5 nitrogen and oxygen atoms in total. The van der Waals surface area contributed by atoms with Crippen LogP contribution in [0, 0.1) is 0 Å². The van der Waals surface area contributed by atoms with Gasteiger partial charge in [0, 0.05) is 5.39 Å². The second kappa shape index (κ2) is 4.29. The first-order chi connectivity index (χ1) is 8.15. The van der Waals surface area contributed by atoms with Crippen molar-refractivity contribution in [1.82, 2.24) is 4.98 Å². The number of aromatic nitrogens is 1. The molecule has 0 saturated heterocycles. The SMILES string of the molecule is CO/N=C(\C)c1c(O)c2ccccc2[nH]c1=O. The average molecular weight is 232 g/mol. The molecule has 0 aliphatic heterocycles. The number of hydrogen-bond acceptors (Lipinski definition) is 4. The van der Waals surface area contributed by atoms with Gasteiger partial charge in [0.15, 0.2) is 0 Å². The van der Waals surface area contributed by atoms with Crippen molar-refractivity contribution >= 4 is 16.6 Å². The Bertz CT molecular complexity index is 644. The smallest absolute Gasteiger partial charge is 0.261 e. The molecule has 0 unspecified atom stereocenters. The number of nitrogens with one attached hydrogen (secondary N) is 1. The Kier molecular flexibility index (Phi) is 2.82. The first-order valence-electron chi connectivity index (χ1n) is 5.07. The van der Waals surface area contributed by atoms with Crippen molar-refractivity contribution in [1.29, 1.82) is 0 Å². The normalized spacial score (nSPS) is 11.8. The van der Waals surface area contributed by atoms with Gasteiger partial charge in [0.05, 0.1) is 11.2 Å². The lowest BCUT2D eigenvalue weighted by atomic mass is 10.1. The number of benzene rings is 1. The first-order valence-corrected chi connectivity index (χ1v) is 5.07. The van der Waals surface area contributed by atoms with Crippen molar-refractivity contribution < 1.29 is 9.94 Å². The molecule has 1 heterocycles. The predicted octanol–water partition coefficient (Wildman–Crippen LogP) is 1.60. The van der Waals surface area contributed by atoms with Crippen LogP contribution in [0.25, 0.3) is 10.9 Å². The Balaban J connectivity index is 2.81. The summed E-state index contributed by atoms with van der Waals surface area (Å²) in [7, 11) is 1.38. The van der Waals surface area contributed by atoms with E-state index in [1.165, 1.54) is 7.11 Å². The molecule has 0 saturated carbocycles. The third-order valence-electron chi connectivity index (χ3n) is 2.48. The molecule has 0 aliphatic rings. The molecule has 0 amide bonds. The number of H-pyrrole nitrogens is 1. The fourth-order valence-corrected chi connectivity index (χ4v) is 1.74. The number of rotatable bonds is 2. The molecule has 1 aromatic carbocycles. The van der Waals surface area contributed by atoms with Crippen molar-refractivity contribution in [3.63, 3.8) is 0 Å². The molecule has 17 heavy (non-hydrogen) atoms. The predicted molar refractivity (Wildman–Crippen MR) is 65.5 cm³/mol. The maximum atomic E-state index is 11.8. The Hall–Kier alpha value is -2.30. The van der Waals surface area contributed by atoms with Gasteiger partial charge < -0.3 is 14.9 Å². The van der Waals surface area contributed by atoms with Gasteiger partial charge >= 0.3 is 0 Å². The monoisotopic (exact) mass is 232 g/mol. The van der Waals surface area contributed by atoms with Crippen molar-refractivity contribution in [3.8, 4) is 5.75 Å². The van der Waals surface area contributed by atoms with Crippen molar-refractivity contribution in [2.75, 3.05) is 7.11 Å². The number of fused-ring (bicyclic) bond motifs is 1. The van der Waals surface area contributed by atoms with Crippen LogP contribution < -0.4 is 5.56 Å². The summed E-state index contributed by atoms with van der Waals surface area (Å²) in [5.41, 5.74) is 0.658. The van der Waals surface area contributed by atoms with E-state index in [4.69, 9.17) is 0 Å². The molecule has 0 atom stereocenters. The molecule has 5 heteroatoms. The van der Waals surface area contributed by atoms with Gasteiger partial charge in [-0.2, -0.15) is 0 Å². The van der Waals surface area contributed by atoms with Gasteiger partial charge in [-0.15, -0.1) is 0 Å². The number of para-hydroxylation sites is 1. The summed E-state index contributed by atoms with van der Waals surface area (Å²) in [6, 6.07) is 7.02. The van der Waals surface area contributed by atoms with Gasteiger partial charge in [0.25, 0.3) is 5.56 Å². The van der Waals surface area contributed by atoms with Crippen LogP contribution in [0.1, 0.15) is 12.5 Å². The van der Waals surface area contributed by atoms with E-state index in [1.54, 1.807) is 31.2 Å². The van der Waals surface area contributed by atoms with Crippen LogP contribution in [0.3, 0.4) is 0 Å². The molecular weight excluding hydrogens is 220 g/mol. The molecule has 2 N–H and O–H groups in total. The minimum Gasteiger partial charge on any atom is -0.506 e. The fourth-order valence-electron chi connectivity index (χ4n) is 1.74. The highest BCUT2D eigenvalue weighted by molar-refractivity contribution is 6.04. The van der Waals surface area contributed by atoms with E-state index in [-0.39, 0.29) is 16.9 Å². The van der Waals surface area contributed by atoms with Gasteiger partial charge in [0.1, 0.15) is 18.4 Å². The summed E-state index contributed by atoms with van der Waals surface area (Å²) in [6.07, 6.45) is 0. The zero-order valence-corrected chi connectivity index (χ0v) is 9.52. The third-order valence-corrected chi connectivity index (χ3v) is 2.48. The van der Waals surface area contributed by atoms with E-state index >= 15 is 0 Å². The minimum atomic E-state index is -0.389. The van der Waals surface area contributed by atoms with Crippen LogP contribution in [0.5, 0.6) is 5.75 Å². The highest BCUT2D eigenvalue weighted by Crippen LogP contribution is 2.24. The number of hydrogen-bond donors (Lipinski definition) is 2. The van der Waals surface area contributed by atoms with E-state index in [2.05, 4.69) is 15.0 Å². The largest absolute Gasteiger partial charge is 0.506 e. The van der Waals surface area contributed by atoms with E-state index in [0.29, 0.717) is 16.6 Å². The molecular formula is C12H12N2O3. The second-order valence-corrected chi connectivity index (χ2v) is 3.58. The quantitative estimate of drug-likeness (QED) is 0.610. The van der Waals surface area contributed by atoms with Crippen LogP contribution in [0.4, 0.5) is 0 Å². The summed E-state index contributed by atoms with van der Waals surface area (Å²) in [5.74, 6) is -0.0809. The Morgan fingerprint density at radius 3 is 2.82 bits per heavy atom. The summed E-state index contributed by atoms with van der Waals surface area (Å²) in [5, 5.41) is 14.3. The highest BCUT2D eigenvalue weighted by atomic mass is 16.6. The number of pyridine rings is 1. The van der Waals surface area contributed by atoms with E-state index in [0.717, 1.165) is 0 Å². The summed E-state index contributed by atoms with van der Waals surface area (Å²) < 4.78 is 0. The number of oxime groups is 1. The van der Waals surface area contributed by atoms with Gasteiger partial charge in [-0.25, -0.2) is 0 Å². The van der Waals surface area contributed by atoms with Gasteiger partial charge in [0.2, 0.25) is 0 Å². The summed E-state index contributed by atoms with van der Waals surface area (Å²) >= 11 is 0. The maximum absolute atomic E-state index is 11.8. The fraction of sp³-hybridized carbons (Fsp3) is 0.167. The van der Waals surface area contributed by atoms with Gasteiger partial charge in [-0.1, -0.05) is 17.3 Å². The molecule has 0 aliphatic carbocycles. The maximum Gasteiger partial charge on any atom is 0.261 e. The lowest BCUT2D eigenvalue weighted by Crippen LogP contribution is -2.17. The molecule has 2 rings (SSSR count). The van der Waals surface area contributed by atoms with Crippen LogP contribution in [-0.4, -0.2) is 22.9 Å². The van der Waals surface area contributed by atoms with E-state index in [1.807, 2.05) is 0 Å². The first kappa shape index (κ1) is 11.2. The van der Waals surface area contributed by atoms with E-state index in [9.17, 15) is 9.90 Å². The third kappa shape index (κ3) is 1.87. The number of aromatic amines is 1. The standard InChI is InChI=1S/C12H12N2O3/c1-7(14-17-2)10-11(15)8-5-3-4-6-9(8)13-12(10)16/h3-6H,1-2H3,(H2,13,15,16)/b14-7+. The molecule has 0 fully saturated rings. The summed E-state index contributed by atoms with van der Waals surface area (Å²) in [6.45, 7) is 1.60. The minimum absolute atomic E-state index is 0.0809. The van der Waals surface area contributed by atoms with Crippen LogP contribution >= 0.6 is 0 Å². The molecule has 1 aromatic heterocycles. The number of nitrogens with zero attached hydrogens (tertiary/aromatic N) is 1. The van der Waals surface area contributed by atoms with Crippen molar-refractivity contribution in [3.05, 3.63) is 40.2 Å². The van der Waals surface area contributed by atoms with Crippen molar-refractivity contribution in [2.45, 2.75) is 6.92 Å². The molecule has 88 valence electrons. The lowest BCUT2D eigenvalue weighted by molar-refractivity contribution is 0.213. The topological polar surface area (TPSA) is 74.7 Å². The Morgan fingerprint density at radius 1 is 1.41 bits per heavy atom. The van der Waals surface area contributed by atoms with Gasteiger partial charge in [-0.3, -0.25) is 4.79 Å². The molecule has 0 spiro atoms. The van der Waals surface area contributed by atoms with Crippen molar-refractivity contribution in [2.24, 2.45) is 5.16 Å². The van der Waals surface area contributed by atoms with Crippen LogP contribution in [0.15, 0.2) is 34.2 Å². The van der Waals surface area contributed by atoms with Crippen LogP contribution in [0.2, 0.25) is 0 Å². The average Bonchev–Trinajstić information content (AvgIpc) is 2.29. The zero-order chi connectivity index (χ0) is 12.4. The van der Waals surface area contributed by atoms with E-state index < -0.39 is 0 Å². The summed E-state index contributed by atoms with van der Waals surface area (Å²) in [4.78, 5) is 19.1. The second-order valence-electron chi connectivity index (χ2n) is 3.58. The zero-order valence-electron chi connectivity index (χ0n) is 9.52. The highest BCUT2D eigenvalue weighted by Gasteiger charge is 2.14. The molecule has 0 bridgehead atoms. The molecule has 2 aromatic rings. The van der Waals surface area contributed by atoms with Gasteiger partial charge in [-0.05, 0) is 19.1 Å².